The molecule has 0 atom stereocenters. The van der Waals surface area contributed by atoms with Gasteiger partial charge in [0.15, 0.2) is 0 Å². The van der Waals surface area contributed by atoms with E-state index in [1.165, 1.54) is 81.8 Å². The number of unbranched alkanes of at least 4 members (excludes halogenated alkanes) is 9. The number of fused-ring (bicyclic) bond motifs is 1. The van der Waals surface area contributed by atoms with E-state index < -0.39 is 0 Å². The fourth-order valence-electron chi connectivity index (χ4n) is 4.20. The van der Waals surface area contributed by atoms with Crippen molar-refractivity contribution in [2.75, 3.05) is 6.61 Å². The van der Waals surface area contributed by atoms with Crippen LogP contribution in [0.15, 0.2) is 54.6 Å². The summed E-state index contributed by atoms with van der Waals surface area (Å²) < 4.78 is 6.00. The molecule has 3 aromatic rings. The average molecular weight is 432 g/mol. The van der Waals surface area contributed by atoms with Crippen LogP contribution in [0.5, 0.6) is 5.75 Å². The topological polar surface area (TPSA) is 22.1 Å². The van der Waals surface area contributed by atoms with Gasteiger partial charge in [0.2, 0.25) is 0 Å². The summed E-state index contributed by atoms with van der Waals surface area (Å²) in [6.07, 6.45) is 15.6. The Morgan fingerprint density at radius 3 is 2.09 bits per heavy atom. The number of ether oxygens (including phenoxy) is 1. The number of rotatable bonds is 15. The summed E-state index contributed by atoms with van der Waals surface area (Å²) in [4.78, 5) is 4.89. The Bertz CT molecular complexity index is 916. The summed E-state index contributed by atoms with van der Waals surface area (Å²) in [7, 11) is 0. The molecule has 0 aliphatic heterocycles. The van der Waals surface area contributed by atoms with Gasteiger partial charge in [-0.25, -0.2) is 4.98 Å². The maximum absolute atomic E-state index is 6.00. The number of aryl methyl sites for hydroxylation is 1. The van der Waals surface area contributed by atoms with Crippen molar-refractivity contribution in [2.24, 2.45) is 0 Å². The Balaban J connectivity index is 1.47. The monoisotopic (exact) mass is 431 g/mol. The van der Waals surface area contributed by atoms with Crippen LogP contribution < -0.4 is 4.74 Å². The summed E-state index contributed by atoms with van der Waals surface area (Å²) in [5.74, 6) is 0.950. The van der Waals surface area contributed by atoms with Gasteiger partial charge in [-0.3, -0.25) is 0 Å². The van der Waals surface area contributed by atoms with E-state index >= 15 is 0 Å². The molecule has 0 fully saturated rings. The third-order valence-corrected chi connectivity index (χ3v) is 6.25. The number of benzene rings is 2. The highest BCUT2D eigenvalue weighted by Gasteiger charge is 2.04. The van der Waals surface area contributed by atoms with Crippen LogP contribution >= 0.6 is 0 Å². The molecule has 1 aromatic heterocycles. The first-order valence-corrected chi connectivity index (χ1v) is 12.9. The van der Waals surface area contributed by atoms with Crippen molar-refractivity contribution in [3.05, 3.63) is 60.2 Å². The molecular weight excluding hydrogens is 390 g/mol. The first-order valence-electron chi connectivity index (χ1n) is 12.9. The minimum absolute atomic E-state index is 0.802. The quantitative estimate of drug-likeness (QED) is 0.224. The zero-order chi connectivity index (χ0) is 22.4. The van der Waals surface area contributed by atoms with Gasteiger partial charge in [-0.2, -0.15) is 0 Å². The van der Waals surface area contributed by atoms with E-state index in [-0.39, 0.29) is 0 Å². The minimum atomic E-state index is 0.802. The van der Waals surface area contributed by atoms with Crippen LogP contribution in [0, 0.1) is 0 Å². The maximum Gasteiger partial charge on any atom is 0.120 e. The Morgan fingerprint density at radius 2 is 1.34 bits per heavy atom. The second kappa shape index (κ2) is 13.9. The van der Waals surface area contributed by atoms with E-state index in [1.807, 2.05) is 0 Å². The summed E-state index contributed by atoms with van der Waals surface area (Å²) >= 11 is 0. The third kappa shape index (κ3) is 7.97. The molecule has 32 heavy (non-hydrogen) atoms. The summed E-state index contributed by atoms with van der Waals surface area (Å²) in [6.45, 7) is 5.32. The van der Waals surface area contributed by atoms with Crippen molar-refractivity contribution in [3.8, 4) is 17.0 Å². The first-order chi connectivity index (χ1) is 15.8. The fraction of sp³-hybridized carbons (Fsp3) is 0.500. The maximum atomic E-state index is 6.00. The van der Waals surface area contributed by atoms with Gasteiger partial charge < -0.3 is 4.74 Å². The second-order valence-corrected chi connectivity index (χ2v) is 9.03. The van der Waals surface area contributed by atoms with Crippen LogP contribution in [0.1, 0.15) is 90.0 Å². The molecule has 2 aromatic carbocycles. The lowest BCUT2D eigenvalue weighted by Gasteiger charge is -2.09. The summed E-state index contributed by atoms with van der Waals surface area (Å²) in [5.41, 5.74) is 4.65. The number of nitrogens with zero attached hydrogens (tertiary/aromatic N) is 1. The van der Waals surface area contributed by atoms with E-state index in [4.69, 9.17) is 9.72 Å². The number of aromatic nitrogens is 1. The van der Waals surface area contributed by atoms with Gasteiger partial charge in [0, 0.05) is 10.9 Å². The molecule has 0 saturated heterocycles. The highest BCUT2D eigenvalue weighted by atomic mass is 16.5. The number of pyridine rings is 1. The van der Waals surface area contributed by atoms with Gasteiger partial charge in [-0.05, 0) is 49.1 Å². The van der Waals surface area contributed by atoms with Crippen LogP contribution in [-0.4, -0.2) is 11.6 Å². The molecule has 0 aliphatic carbocycles. The second-order valence-electron chi connectivity index (χ2n) is 9.03. The molecule has 0 radical (unpaired) electrons. The van der Waals surface area contributed by atoms with Gasteiger partial charge in [0.25, 0.3) is 0 Å². The number of hydrogen-bond acceptors (Lipinski definition) is 2. The third-order valence-electron chi connectivity index (χ3n) is 6.25. The summed E-state index contributed by atoms with van der Waals surface area (Å²) in [6, 6.07) is 19.5. The molecule has 0 spiro atoms. The molecule has 0 N–H and O–H groups in total. The van der Waals surface area contributed by atoms with E-state index in [0.717, 1.165) is 35.4 Å². The van der Waals surface area contributed by atoms with E-state index in [2.05, 4.69) is 68.4 Å². The Kier molecular flexibility index (Phi) is 10.6. The van der Waals surface area contributed by atoms with Gasteiger partial charge in [0.1, 0.15) is 5.75 Å². The lowest BCUT2D eigenvalue weighted by molar-refractivity contribution is 0.304. The van der Waals surface area contributed by atoms with Gasteiger partial charge in [-0.1, -0.05) is 102 Å². The highest BCUT2D eigenvalue weighted by Crippen LogP contribution is 2.25. The number of hydrogen-bond donors (Lipinski definition) is 0. The van der Waals surface area contributed by atoms with E-state index in [1.54, 1.807) is 0 Å². The first kappa shape index (κ1) is 24.3. The lowest BCUT2D eigenvalue weighted by Crippen LogP contribution is -1.97. The smallest absolute Gasteiger partial charge is 0.120 e. The zero-order valence-electron chi connectivity index (χ0n) is 20.2. The molecule has 3 rings (SSSR count). The molecule has 0 bridgehead atoms. The normalized spacial score (nSPS) is 11.2. The van der Waals surface area contributed by atoms with Crippen molar-refractivity contribution in [1.82, 2.24) is 4.98 Å². The largest absolute Gasteiger partial charge is 0.494 e. The van der Waals surface area contributed by atoms with Gasteiger partial charge in [0.05, 0.1) is 17.8 Å². The van der Waals surface area contributed by atoms with Crippen LogP contribution in [0.2, 0.25) is 0 Å². The predicted octanol–water partition coefficient (Wildman–Crippen LogP) is 9.15. The van der Waals surface area contributed by atoms with Gasteiger partial charge in [-0.15, -0.1) is 0 Å². The van der Waals surface area contributed by atoms with Crippen molar-refractivity contribution < 1.29 is 4.74 Å². The molecule has 0 saturated carbocycles. The van der Waals surface area contributed by atoms with Crippen LogP contribution in [-0.2, 0) is 6.42 Å². The SMILES string of the molecule is CCCCCCCCCCOc1ccc2nc(-c3ccc(CCCCC)cc3)ccc2c1. The van der Waals surface area contributed by atoms with Crippen LogP contribution in [0.25, 0.3) is 22.2 Å². The Morgan fingerprint density at radius 1 is 0.656 bits per heavy atom. The molecular formula is C30H41NO. The molecule has 2 heteroatoms. The average Bonchev–Trinajstić information content (AvgIpc) is 2.83. The van der Waals surface area contributed by atoms with Crippen LogP contribution in [0.4, 0.5) is 0 Å². The Labute approximate surface area is 195 Å². The standard InChI is InChI=1S/C30H41NO/c1-3-5-7-8-9-10-11-13-23-32-28-20-22-30-27(24-28)19-21-29(31-30)26-17-15-25(16-18-26)14-12-6-4-2/h15-22,24H,3-14,23H2,1-2H3. The van der Waals surface area contributed by atoms with E-state index in [9.17, 15) is 0 Å². The molecule has 0 unspecified atom stereocenters. The lowest BCUT2D eigenvalue weighted by atomic mass is 10.0. The molecule has 0 aliphatic rings. The Hall–Kier alpha value is -2.35. The highest BCUT2D eigenvalue weighted by molar-refractivity contribution is 5.82. The van der Waals surface area contributed by atoms with Gasteiger partial charge >= 0.3 is 0 Å². The van der Waals surface area contributed by atoms with E-state index in [0.29, 0.717) is 0 Å². The van der Waals surface area contributed by atoms with Crippen molar-refractivity contribution in [2.45, 2.75) is 90.9 Å². The fourth-order valence-corrected chi connectivity index (χ4v) is 4.20. The molecule has 1 heterocycles. The predicted molar refractivity (Wildman–Crippen MR) is 139 cm³/mol. The molecule has 172 valence electrons. The minimum Gasteiger partial charge on any atom is -0.494 e. The van der Waals surface area contributed by atoms with Crippen molar-refractivity contribution in [1.29, 1.82) is 0 Å². The van der Waals surface area contributed by atoms with Crippen molar-refractivity contribution >= 4 is 10.9 Å². The molecule has 2 nitrogen and oxygen atoms in total. The zero-order valence-corrected chi connectivity index (χ0v) is 20.2. The summed E-state index contributed by atoms with van der Waals surface area (Å²) in [5, 5.41) is 1.14. The van der Waals surface area contributed by atoms with Crippen molar-refractivity contribution in [3.63, 3.8) is 0 Å². The molecule has 0 amide bonds. The van der Waals surface area contributed by atoms with Crippen LogP contribution in [0.3, 0.4) is 0 Å².